The molecule has 1 aromatic carbocycles. The van der Waals surface area contributed by atoms with Crippen LogP contribution in [-0.2, 0) is 10.0 Å². The van der Waals surface area contributed by atoms with Gasteiger partial charge in [0.15, 0.2) is 0 Å². The molecule has 1 saturated carbocycles. The quantitative estimate of drug-likeness (QED) is 0.727. The Balaban J connectivity index is 2.20. The van der Waals surface area contributed by atoms with Crippen LogP contribution >= 0.6 is 0 Å². The van der Waals surface area contributed by atoms with Gasteiger partial charge >= 0.3 is 0 Å². The molecule has 1 aliphatic carbocycles. The lowest BCUT2D eigenvalue weighted by Crippen LogP contribution is -2.25. The highest BCUT2D eigenvalue weighted by molar-refractivity contribution is 7.89. The van der Waals surface area contributed by atoms with E-state index in [9.17, 15) is 8.42 Å². The summed E-state index contributed by atoms with van der Waals surface area (Å²) in [6, 6.07) is 5.06. The lowest BCUT2D eigenvalue weighted by Gasteiger charge is -2.23. The maximum Gasteiger partial charge on any atom is 0.240 e. The van der Waals surface area contributed by atoms with E-state index in [1.807, 2.05) is 0 Å². The largest absolute Gasteiger partial charge is 0.397 e. The predicted molar refractivity (Wildman–Crippen MR) is 82.1 cm³/mol. The van der Waals surface area contributed by atoms with Crippen molar-refractivity contribution >= 4 is 21.4 Å². The Morgan fingerprint density at radius 1 is 1.30 bits per heavy atom. The molecule has 0 bridgehead atoms. The molecule has 0 spiro atoms. The van der Waals surface area contributed by atoms with Crippen LogP contribution in [0.25, 0.3) is 0 Å². The molecule has 4 N–H and O–H groups in total. The summed E-state index contributed by atoms with van der Waals surface area (Å²) >= 11 is 0. The summed E-state index contributed by atoms with van der Waals surface area (Å²) in [4.78, 5) is 0.232. The Morgan fingerprint density at radius 2 is 1.95 bits per heavy atom. The van der Waals surface area contributed by atoms with Gasteiger partial charge in [0, 0.05) is 6.04 Å². The molecule has 1 fully saturated rings. The van der Waals surface area contributed by atoms with Crippen molar-refractivity contribution in [1.29, 1.82) is 0 Å². The highest BCUT2D eigenvalue weighted by atomic mass is 32.2. The molecule has 20 heavy (non-hydrogen) atoms. The average Bonchev–Trinajstić information content (AvgIpc) is 2.95. The van der Waals surface area contributed by atoms with E-state index in [-0.39, 0.29) is 4.90 Å². The number of sulfonamides is 1. The zero-order valence-corrected chi connectivity index (χ0v) is 12.8. The first kappa shape index (κ1) is 15.1. The first-order valence-corrected chi connectivity index (χ1v) is 8.52. The van der Waals surface area contributed by atoms with E-state index in [1.165, 1.54) is 38.8 Å². The molecule has 0 heterocycles. The van der Waals surface area contributed by atoms with Crippen molar-refractivity contribution in [1.82, 2.24) is 4.72 Å². The van der Waals surface area contributed by atoms with E-state index >= 15 is 0 Å². The molecule has 0 aromatic heterocycles. The van der Waals surface area contributed by atoms with E-state index in [4.69, 9.17) is 5.73 Å². The minimum Gasteiger partial charge on any atom is -0.397 e. The van der Waals surface area contributed by atoms with E-state index in [2.05, 4.69) is 17.0 Å². The zero-order valence-electron chi connectivity index (χ0n) is 12.0. The Bertz CT molecular complexity index is 566. The number of rotatable bonds is 5. The number of benzene rings is 1. The molecular weight excluding hydrogens is 274 g/mol. The van der Waals surface area contributed by atoms with Gasteiger partial charge in [0.1, 0.15) is 0 Å². The molecule has 0 radical (unpaired) electrons. The molecular formula is C14H23N3O2S. The van der Waals surface area contributed by atoms with Gasteiger partial charge in [0.2, 0.25) is 10.0 Å². The van der Waals surface area contributed by atoms with Crippen LogP contribution in [0.4, 0.5) is 11.4 Å². The van der Waals surface area contributed by atoms with Gasteiger partial charge in [-0.05, 0) is 50.9 Å². The topological polar surface area (TPSA) is 84.2 Å². The third-order valence-corrected chi connectivity index (χ3v) is 5.51. The first-order valence-electron chi connectivity index (χ1n) is 7.03. The van der Waals surface area contributed by atoms with Crippen molar-refractivity contribution in [2.45, 2.75) is 43.5 Å². The van der Waals surface area contributed by atoms with Crippen LogP contribution in [0.1, 0.15) is 32.6 Å². The lowest BCUT2D eigenvalue weighted by atomic mass is 9.99. The summed E-state index contributed by atoms with van der Waals surface area (Å²) in [6.45, 7) is 2.13. The lowest BCUT2D eigenvalue weighted by molar-refractivity contribution is 0.482. The summed E-state index contributed by atoms with van der Waals surface area (Å²) in [5.74, 6) is 0.638. The summed E-state index contributed by atoms with van der Waals surface area (Å²) in [5, 5.41) is 3.37. The smallest absolute Gasteiger partial charge is 0.240 e. The maximum atomic E-state index is 11.8. The van der Waals surface area contributed by atoms with E-state index in [1.54, 1.807) is 12.1 Å². The number of nitrogens with two attached hydrogens (primary N) is 1. The molecule has 5 nitrogen and oxygen atoms in total. The van der Waals surface area contributed by atoms with Gasteiger partial charge < -0.3 is 11.1 Å². The fraction of sp³-hybridized carbons (Fsp3) is 0.571. The molecule has 0 amide bonds. The standard InChI is InChI=1S/C14H23N3O2S/c1-10(11-5-3-4-6-11)17-14-9-12(7-8-13(14)15)20(18,19)16-2/h7-11,16-17H,3-6,15H2,1-2H3. The highest BCUT2D eigenvalue weighted by Gasteiger charge is 2.22. The summed E-state index contributed by atoms with van der Waals surface area (Å²) in [5.41, 5.74) is 7.21. The van der Waals surface area contributed by atoms with Crippen molar-refractivity contribution in [2.75, 3.05) is 18.1 Å². The van der Waals surface area contributed by atoms with Gasteiger partial charge in [-0.25, -0.2) is 13.1 Å². The fourth-order valence-corrected chi connectivity index (χ4v) is 3.52. The second kappa shape index (κ2) is 6.01. The number of hydrogen-bond donors (Lipinski definition) is 3. The monoisotopic (exact) mass is 297 g/mol. The third-order valence-electron chi connectivity index (χ3n) is 4.09. The second-order valence-electron chi connectivity index (χ2n) is 5.43. The maximum absolute atomic E-state index is 11.8. The van der Waals surface area contributed by atoms with Crippen LogP contribution in [0.5, 0.6) is 0 Å². The van der Waals surface area contributed by atoms with Gasteiger partial charge in [-0.15, -0.1) is 0 Å². The number of anilines is 2. The van der Waals surface area contributed by atoms with Gasteiger partial charge in [0.05, 0.1) is 16.3 Å². The van der Waals surface area contributed by atoms with E-state index in [0.29, 0.717) is 23.3 Å². The second-order valence-corrected chi connectivity index (χ2v) is 7.32. The summed E-state index contributed by atoms with van der Waals surface area (Å²) in [6.07, 6.45) is 5.01. The van der Waals surface area contributed by atoms with Crippen LogP contribution in [0, 0.1) is 5.92 Å². The van der Waals surface area contributed by atoms with Crippen molar-refractivity contribution in [3.63, 3.8) is 0 Å². The number of hydrogen-bond acceptors (Lipinski definition) is 4. The molecule has 1 atom stereocenters. The summed E-state index contributed by atoms with van der Waals surface area (Å²) in [7, 11) is -2.04. The van der Waals surface area contributed by atoms with Gasteiger partial charge in [-0.3, -0.25) is 0 Å². The van der Waals surface area contributed by atoms with Crippen LogP contribution in [0.15, 0.2) is 23.1 Å². The minimum absolute atomic E-state index is 0.232. The fourth-order valence-electron chi connectivity index (χ4n) is 2.77. The van der Waals surface area contributed by atoms with Crippen LogP contribution in [-0.4, -0.2) is 21.5 Å². The minimum atomic E-state index is -3.44. The molecule has 1 aromatic rings. The van der Waals surface area contributed by atoms with Crippen molar-refractivity contribution in [2.24, 2.45) is 5.92 Å². The van der Waals surface area contributed by atoms with Gasteiger partial charge in [0.25, 0.3) is 0 Å². The molecule has 6 heteroatoms. The number of nitrogen functional groups attached to an aromatic ring is 1. The molecule has 1 unspecified atom stereocenters. The van der Waals surface area contributed by atoms with Crippen LogP contribution < -0.4 is 15.8 Å². The molecule has 112 valence electrons. The molecule has 0 saturated heterocycles. The van der Waals surface area contributed by atoms with Gasteiger partial charge in [-0.1, -0.05) is 12.8 Å². The normalized spacial score (nSPS) is 18.1. The van der Waals surface area contributed by atoms with Crippen LogP contribution in [0.2, 0.25) is 0 Å². The van der Waals surface area contributed by atoms with Crippen molar-refractivity contribution < 1.29 is 8.42 Å². The van der Waals surface area contributed by atoms with E-state index < -0.39 is 10.0 Å². The Hall–Kier alpha value is -1.27. The zero-order chi connectivity index (χ0) is 14.8. The highest BCUT2D eigenvalue weighted by Crippen LogP contribution is 2.31. The van der Waals surface area contributed by atoms with Gasteiger partial charge in [-0.2, -0.15) is 0 Å². The molecule has 2 rings (SSSR count). The SMILES string of the molecule is CNS(=O)(=O)c1ccc(N)c(NC(C)C2CCCC2)c1. The van der Waals surface area contributed by atoms with Crippen molar-refractivity contribution in [3.05, 3.63) is 18.2 Å². The van der Waals surface area contributed by atoms with Crippen LogP contribution in [0.3, 0.4) is 0 Å². The predicted octanol–water partition coefficient (Wildman–Crippen LogP) is 2.17. The summed E-state index contributed by atoms with van der Waals surface area (Å²) < 4.78 is 26.0. The Labute approximate surface area is 121 Å². The Kier molecular flexibility index (Phi) is 4.55. The van der Waals surface area contributed by atoms with E-state index in [0.717, 1.165) is 0 Å². The first-order chi connectivity index (χ1) is 9.44. The molecule has 1 aliphatic rings. The number of nitrogens with one attached hydrogen (secondary N) is 2. The third kappa shape index (κ3) is 3.24. The van der Waals surface area contributed by atoms with Crippen molar-refractivity contribution in [3.8, 4) is 0 Å². The average molecular weight is 297 g/mol. The molecule has 0 aliphatic heterocycles. The Morgan fingerprint density at radius 3 is 2.55 bits per heavy atom.